The molecule has 7 heteroatoms. The third-order valence-electron chi connectivity index (χ3n) is 6.30. The molecule has 36 heavy (non-hydrogen) atoms. The Kier molecular flexibility index (Phi) is 8.68. The molecule has 1 saturated heterocycles. The molecule has 0 atom stereocenters. The van der Waals surface area contributed by atoms with E-state index in [1.807, 2.05) is 41.3 Å². The predicted octanol–water partition coefficient (Wildman–Crippen LogP) is 5.31. The van der Waals surface area contributed by atoms with Crippen molar-refractivity contribution in [2.75, 3.05) is 25.0 Å². The number of amides is 2. The molecule has 0 bridgehead atoms. The number of carbonyl (C=O) groups is 2. The van der Waals surface area contributed by atoms with Gasteiger partial charge in [0.2, 0.25) is 0 Å². The number of hydrogen-bond acceptors (Lipinski definition) is 4. The van der Waals surface area contributed by atoms with Gasteiger partial charge < -0.3 is 15.0 Å². The Morgan fingerprint density at radius 2 is 1.69 bits per heavy atom. The summed E-state index contributed by atoms with van der Waals surface area (Å²) in [7, 11) is 0. The fraction of sp³-hybridized carbons (Fsp3) is 0.276. The van der Waals surface area contributed by atoms with Gasteiger partial charge >= 0.3 is 0 Å². The van der Waals surface area contributed by atoms with Gasteiger partial charge in [-0.3, -0.25) is 14.9 Å². The number of nitrogens with zero attached hydrogens (tertiary/aromatic N) is 1. The second kappa shape index (κ2) is 12.3. The van der Waals surface area contributed by atoms with E-state index in [2.05, 4.69) is 29.7 Å². The summed E-state index contributed by atoms with van der Waals surface area (Å²) >= 11 is 5.39. The van der Waals surface area contributed by atoms with Gasteiger partial charge in [-0.25, -0.2) is 0 Å². The Balaban J connectivity index is 1.33. The molecular formula is C29H31N3O3S. The van der Waals surface area contributed by atoms with Crippen LogP contribution >= 0.6 is 12.2 Å². The molecule has 1 aliphatic heterocycles. The van der Waals surface area contributed by atoms with Crippen LogP contribution in [0, 0.1) is 5.92 Å². The van der Waals surface area contributed by atoms with Gasteiger partial charge in [0, 0.05) is 25.1 Å². The van der Waals surface area contributed by atoms with Gasteiger partial charge in [-0.2, -0.15) is 0 Å². The average Bonchev–Trinajstić information content (AvgIpc) is 2.90. The lowest BCUT2D eigenvalue weighted by molar-refractivity contribution is 0.0698. The molecule has 0 unspecified atom stereocenters. The largest absolute Gasteiger partial charge is 0.493 e. The maximum Gasteiger partial charge on any atom is 0.257 e. The van der Waals surface area contributed by atoms with Crippen molar-refractivity contribution in [1.29, 1.82) is 0 Å². The van der Waals surface area contributed by atoms with E-state index in [0.29, 0.717) is 35.1 Å². The third-order valence-corrected chi connectivity index (χ3v) is 6.51. The van der Waals surface area contributed by atoms with Crippen molar-refractivity contribution < 1.29 is 14.3 Å². The zero-order valence-corrected chi connectivity index (χ0v) is 21.2. The van der Waals surface area contributed by atoms with Crippen molar-refractivity contribution >= 4 is 34.8 Å². The van der Waals surface area contributed by atoms with Crippen molar-refractivity contribution in [2.24, 2.45) is 5.92 Å². The smallest absolute Gasteiger partial charge is 0.257 e. The van der Waals surface area contributed by atoms with Gasteiger partial charge in [-0.1, -0.05) is 55.5 Å². The highest BCUT2D eigenvalue weighted by atomic mass is 32.1. The molecule has 0 spiro atoms. The summed E-state index contributed by atoms with van der Waals surface area (Å²) in [5.74, 6) is 0.872. The van der Waals surface area contributed by atoms with Gasteiger partial charge in [0.05, 0.1) is 17.9 Å². The number of para-hydroxylation sites is 1. The van der Waals surface area contributed by atoms with E-state index in [-0.39, 0.29) is 16.9 Å². The van der Waals surface area contributed by atoms with Crippen LogP contribution in [0.2, 0.25) is 0 Å². The summed E-state index contributed by atoms with van der Waals surface area (Å²) in [4.78, 5) is 27.8. The number of thiocarbonyl (C=S) groups is 1. The molecule has 1 heterocycles. The zero-order chi connectivity index (χ0) is 25.3. The Morgan fingerprint density at radius 1 is 0.972 bits per heavy atom. The van der Waals surface area contributed by atoms with Gasteiger partial charge in [-0.05, 0) is 66.9 Å². The standard InChI is InChI=1S/C29H31N3O3S/c1-21-14-17-32(18-15-21)28(34)25-12-5-6-13-26(25)30-29(36)31-27(33)23-10-7-11-24(20-23)35-19-16-22-8-3-2-4-9-22/h2-13,20-21H,14-19H2,1H3,(H2,30,31,33,36). The highest BCUT2D eigenvalue weighted by Gasteiger charge is 2.23. The Labute approximate surface area is 217 Å². The average molecular weight is 502 g/mol. The van der Waals surface area contributed by atoms with Crippen LogP contribution in [0.5, 0.6) is 5.75 Å². The molecule has 3 aromatic rings. The van der Waals surface area contributed by atoms with Gasteiger partial charge in [0.15, 0.2) is 5.11 Å². The first-order valence-electron chi connectivity index (χ1n) is 12.3. The van der Waals surface area contributed by atoms with E-state index in [9.17, 15) is 9.59 Å². The van der Waals surface area contributed by atoms with Crippen molar-refractivity contribution in [3.8, 4) is 5.75 Å². The Bertz CT molecular complexity index is 1210. The summed E-state index contributed by atoms with van der Waals surface area (Å²) in [5, 5.41) is 5.86. The molecule has 2 N–H and O–H groups in total. The number of benzene rings is 3. The fourth-order valence-electron chi connectivity index (χ4n) is 4.15. The maximum absolute atomic E-state index is 13.1. The van der Waals surface area contributed by atoms with Crippen LogP contribution in [0.15, 0.2) is 78.9 Å². The van der Waals surface area contributed by atoms with Crippen molar-refractivity contribution in [3.63, 3.8) is 0 Å². The van der Waals surface area contributed by atoms with E-state index < -0.39 is 0 Å². The second-order valence-corrected chi connectivity index (χ2v) is 9.45. The van der Waals surface area contributed by atoms with Gasteiger partial charge in [-0.15, -0.1) is 0 Å². The first kappa shape index (κ1) is 25.4. The van der Waals surface area contributed by atoms with Crippen LogP contribution in [0.1, 0.15) is 46.0 Å². The van der Waals surface area contributed by atoms with E-state index in [1.54, 1.807) is 30.3 Å². The minimum absolute atomic E-state index is 0.0283. The Hall–Kier alpha value is -3.71. The summed E-state index contributed by atoms with van der Waals surface area (Å²) in [6.07, 6.45) is 2.79. The number of carbonyl (C=O) groups excluding carboxylic acids is 2. The first-order chi connectivity index (χ1) is 17.5. The number of anilines is 1. The lowest BCUT2D eigenvalue weighted by atomic mass is 9.98. The molecule has 186 valence electrons. The van der Waals surface area contributed by atoms with E-state index >= 15 is 0 Å². The fourth-order valence-corrected chi connectivity index (χ4v) is 4.35. The highest BCUT2D eigenvalue weighted by Crippen LogP contribution is 2.22. The maximum atomic E-state index is 13.1. The lowest BCUT2D eigenvalue weighted by Crippen LogP contribution is -2.39. The van der Waals surface area contributed by atoms with E-state index in [0.717, 1.165) is 32.4 Å². The highest BCUT2D eigenvalue weighted by molar-refractivity contribution is 7.80. The van der Waals surface area contributed by atoms with Crippen molar-refractivity contribution in [2.45, 2.75) is 26.2 Å². The number of rotatable bonds is 7. The molecular weight excluding hydrogens is 470 g/mol. The molecule has 0 saturated carbocycles. The number of likely N-dealkylation sites (tertiary alicyclic amines) is 1. The van der Waals surface area contributed by atoms with Crippen LogP contribution < -0.4 is 15.4 Å². The van der Waals surface area contributed by atoms with Crippen LogP contribution in [-0.2, 0) is 6.42 Å². The molecule has 0 aliphatic carbocycles. The van der Waals surface area contributed by atoms with Gasteiger partial charge in [0.25, 0.3) is 11.8 Å². The molecule has 4 rings (SSSR count). The lowest BCUT2D eigenvalue weighted by Gasteiger charge is -2.30. The van der Waals surface area contributed by atoms with E-state index in [1.165, 1.54) is 5.56 Å². The Morgan fingerprint density at radius 3 is 2.47 bits per heavy atom. The SMILES string of the molecule is CC1CCN(C(=O)c2ccccc2NC(=S)NC(=O)c2cccc(OCCc3ccccc3)c2)CC1. The third kappa shape index (κ3) is 6.92. The van der Waals surface area contributed by atoms with Crippen LogP contribution in [0.4, 0.5) is 5.69 Å². The summed E-state index contributed by atoms with van der Waals surface area (Å²) in [5.41, 5.74) is 2.74. The molecule has 0 aromatic heterocycles. The van der Waals surface area contributed by atoms with Gasteiger partial charge in [0.1, 0.15) is 5.75 Å². The molecule has 6 nitrogen and oxygen atoms in total. The van der Waals surface area contributed by atoms with E-state index in [4.69, 9.17) is 17.0 Å². The number of piperidine rings is 1. The topological polar surface area (TPSA) is 70.7 Å². The normalized spacial score (nSPS) is 13.6. The predicted molar refractivity (Wildman–Crippen MR) is 147 cm³/mol. The first-order valence-corrected chi connectivity index (χ1v) is 12.7. The van der Waals surface area contributed by atoms with Crippen LogP contribution in [0.3, 0.4) is 0 Å². The molecule has 0 radical (unpaired) electrons. The summed E-state index contributed by atoms with van der Waals surface area (Å²) < 4.78 is 5.84. The molecule has 1 fully saturated rings. The molecule has 1 aliphatic rings. The quantitative estimate of drug-likeness (QED) is 0.430. The number of ether oxygens (including phenoxy) is 1. The monoisotopic (exact) mass is 501 g/mol. The van der Waals surface area contributed by atoms with Crippen molar-refractivity contribution in [3.05, 3.63) is 95.6 Å². The second-order valence-electron chi connectivity index (χ2n) is 9.04. The van der Waals surface area contributed by atoms with Crippen LogP contribution in [0.25, 0.3) is 0 Å². The number of nitrogens with one attached hydrogen (secondary N) is 2. The number of hydrogen-bond donors (Lipinski definition) is 2. The molecule has 2 amide bonds. The zero-order valence-electron chi connectivity index (χ0n) is 20.4. The summed E-state index contributed by atoms with van der Waals surface area (Å²) in [6.45, 7) is 4.22. The molecule has 3 aromatic carbocycles. The minimum atomic E-state index is -0.352. The minimum Gasteiger partial charge on any atom is -0.493 e. The van der Waals surface area contributed by atoms with Crippen LogP contribution in [-0.4, -0.2) is 41.5 Å². The summed E-state index contributed by atoms with van der Waals surface area (Å²) in [6, 6.07) is 24.3. The van der Waals surface area contributed by atoms with Crippen molar-refractivity contribution in [1.82, 2.24) is 10.2 Å².